The molecule has 3 aromatic rings. The van der Waals surface area contributed by atoms with Crippen LogP contribution in [0.4, 0.5) is 10.1 Å². The maximum atomic E-state index is 14.7. The highest BCUT2D eigenvalue weighted by molar-refractivity contribution is 6.02. The van der Waals surface area contributed by atoms with Gasteiger partial charge in [0.25, 0.3) is 0 Å². The first kappa shape index (κ1) is 18.0. The van der Waals surface area contributed by atoms with Crippen molar-refractivity contribution in [3.63, 3.8) is 0 Å². The van der Waals surface area contributed by atoms with E-state index in [-0.39, 0.29) is 25.4 Å². The van der Waals surface area contributed by atoms with Gasteiger partial charge in [0.2, 0.25) is 12.7 Å². The molecule has 0 saturated heterocycles. The predicted molar refractivity (Wildman–Crippen MR) is 111 cm³/mol. The fourth-order valence-corrected chi connectivity index (χ4v) is 3.89. The van der Waals surface area contributed by atoms with Gasteiger partial charge in [0.15, 0.2) is 11.5 Å². The number of hydrogen-bond donors (Lipinski definition) is 2. The highest BCUT2D eigenvalue weighted by Gasteiger charge is 2.51. The summed E-state index contributed by atoms with van der Waals surface area (Å²) in [5, 5.41) is 3.68. The molecule has 0 unspecified atom stereocenters. The summed E-state index contributed by atoms with van der Waals surface area (Å²) in [6, 6.07) is 10.8. The van der Waals surface area contributed by atoms with Gasteiger partial charge in [-0.25, -0.2) is 4.39 Å². The molecular weight excluding hydrogens is 371 g/mol. The van der Waals surface area contributed by atoms with Gasteiger partial charge in [0, 0.05) is 23.6 Å². The number of aromatic amines is 1. The fraction of sp³-hybridized carbons (Fsp3) is 0.348. The van der Waals surface area contributed by atoms with Crippen molar-refractivity contribution >= 4 is 22.5 Å². The number of H-pyrrole nitrogens is 1. The van der Waals surface area contributed by atoms with E-state index in [4.69, 9.17) is 9.47 Å². The van der Waals surface area contributed by atoms with Crippen molar-refractivity contribution in [3.8, 4) is 11.5 Å². The molecule has 2 aliphatic rings. The van der Waals surface area contributed by atoms with Crippen LogP contribution in [0.15, 0.2) is 36.4 Å². The summed E-state index contributed by atoms with van der Waals surface area (Å²) in [6.45, 7) is 6.41. The van der Waals surface area contributed by atoms with E-state index in [1.165, 1.54) is 6.07 Å². The number of benzene rings is 2. The summed E-state index contributed by atoms with van der Waals surface area (Å²) in [4.78, 5) is 16.3. The van der Waals surface area contributed by atoms with Crippen molar-refractivity contribution < 1.29 is 20.1 Å². The summed E-state index contributed by atoms with van der Waals surface area (Å²) < 4.78 is 25.5. The number of aromatic nitrogens is 1. The number of amides is 1. The number of halogens is 1. The third-order valence-electron chi connectivity index (χ3n) is 5.86. The Balaban J connectivity index is 0.00000218. The molecule has 5 rings (SSSR count). The van der Waals surface area contributed by atoms with Crippen molar-refractivity contribution in [2.24, 2.45) is 0 Å². The van der Waals surface area contributed by atoms with E-state index < -0.39 is 5.41 Å². The Kier molecular flexibility index (Phi) is 3.72. The number of hydrogen-bond acceptors (Lipinski definition) is 3. The standard InChI is InChI=1S/C23H23FN2O3.H2/c1-22(2,3)19-9-13-8-15(11-16(24)20(13)26-19)25-21(27)23(6-7-23)14-4-5-17-18(10-14)29-12-28-17;/h4-5,8-11,26H,6-7,12H2,1-3H3,(H,25,27);1H. The van der Waals surface area contributed by atoms with Gasteiger partial charge in [-0.2, -0.15) is 0 Å². The van der Waals surface area contributed by atoms with Crippen LogP contribution in [0, 0.1) is 5.82 Å². The van der Waals surface area contributed by atoms with Crippen molar-refractivity contribution in [1.82, 2.24) is 4.98 Å². The lowest BCUT2D eigenvalue weighted by molar-refractivity contribution is -0.118. The van der Waals surface area contributed by atoms with E-state index in [9.17, 15) is 9.18 Å². The highest BCUT2D eigenvalue weighted by Crippen LogP contribution is 2.51. The van der Waals surface area contributed by atoms with Crippen LogP contribution in [0.25, 0.3) is 10.9 Å². The molecule has 152 valence electrons. The lowest BCUT2D eigenvalue weighted by Gasteiger charge is -2.16. The van der Waals surface area contributed by atoms with Crippen molar-refractivity contribution in [3.05, 3.63) is 53.5 Å². The van der Waals surface area contributed by atoms with Crippen LogP contribution in [-0.2, 0) is 15.6 Å². The zero-order chi connectivity index (χ0) is 20.4. The minimum Gasteiger partial charge on any atom is -0.454 e. The smallest absolute Gasteiger partial charge is 0.235 e. The molecule has 2 aromatic carbocycles. The van der Waals surface area contributed by atoms with Crippen molar-refractivity contribution in [2.75, 3.05) is 12.1 Å². The van der Waals surface area contributed by atoms with Crippen molar-refractivity contribution in [1.29, 1.82) is 0 Å². The Labute approximate surface area is 169 Å². The van der Waals surface area contributed by atoms with E-state index >= 15 is 0 Å². The second-order valence-electron chi connectivity index (χ2n) is 8.96. The van der Waals surface area contributed by atoms with Gasteiger partial charge in [-0.15, -0.1) is 0 Å². The summed E-state index contributed by atoms with van der Waals surface area (Å²) >= 11 is 0. The van der Waals surface area contributed by atoms with E-state index in [0.29, 0.717) is 22.7 Å². The Hall–Kier alpha value is -3.02. The predicted octanol–water partition coefficient (Wildman–Crippen LogP) is 5.25. The Morgan fingerprint density at radius 2 is 1.90 bits per heavy atom. The summed E-state index contributed by atoms with van der Waals surface area (Å²) in [5.41, 5.74) is 2.07. The van der Waals surface area contributed by atoms with E-state index in [1.54, 1.807) is 0 Å². The van der Waals surface area contributed by atoms with Gasteiger partial charge < -0.3 is 19.8 Å². The molecule has 0 bridgehead atoms. The van der Waals surface area contributed by atoms with Crippen LogP contribution in [-0.4, -0.2) is 17.7 Å². The van der Waals surface area contributed by atoms with Gasteiger partial charge in [0.05, 0.1) is 10.9 Å². The second kappa shape index (κ2) is 5.99. The maximum Gasteiger partial charge on any atom is 0.235 e. The van der Waals surface area contributed by atoms with Gasteiger partial charge in [-0.3, -0.25) is 4.79 Å². The molecule has 0 radical (unpaired) electrons. The van der Waals surface area contributed by atoms with Crippen LogP contribution in [0.2, 0.25) is 0 Å². The van der Waals surface area contributed by atoms with Crippen molar-refractivity contribution in [2.45, 2.75) is 44.4 Å². The topological polar surface area (TPSA) is 63.4 Å². The third-order valence-corrected chi connectivity index (χ3v) is 5.86. The normalized spacial score (nSPS) is 16.8. The molecule has 1 aromatic heterocycles. The molecule has 1 amide bonds. The number of nitrogens with one attached hydrogen (secondary N) is 2. The molecule has 29 heavy (non-hydrogen) atoms. The van der Waals surface area contributed by atoms with Gasteiger partial charge >= 0.3 is 0 Å². The molecule has 2 heterocycles. The van der Waals surface area contributed by atoms with Gasteiger partial charge in [0.1, 0.15) is 5.82 Å². The molecule has 1 aliphatic heterocycles. The lowest BCUT2D eigenvalue weighted by Crippen LogP contribution is -2.27. The van der Waals surface area contributed by atoms with Crippen LogP contribution in [0.1, 0.15) is 46.3 Å². The fourth-order valence-electron chi connectivity index (χ4n) is 3.89. The number of rotatable bonds is 3. The third kappa shape index (κ3) is 2.94. The number of ether oxygens (including phenoxy) is 2. The monoisotopic (exact) mass is 396 g/mol. The first-order valence-corrected chi connectivity index (χ1v) is 9.81. The Morgan fingerprint density at radius 3 is 2.62 bits per heavy atom. The first-order chi connectivity index (χ1) is 13.8. The molecule has 1 fully saturated rings. The molecule has 5 nitrogen and oxygen atoms in total. The maximum absolute atomic E-state index is 14.7. The van der Waals surface area contributed by atoms with Crippen LogP contribution >= 0.6 is 0 Å². The summed E-state index contributed by atoms with van der Waals surface area (Å²) in [7, 11) is 0. The molecular formula is C23H25FN2O3. The average molecular weight is 396 g/mol. The van der Waals surface area contributed by atoms with E-state index in [1.807, 2.05) is 30.3 Å². The van der Waals surface area contributed by atoms with E-state index in [2.05, 4.69) is 31.1 Å². The van der Waals surface area contributed by atoms with Crippen LogP contribution < -0.4 is 14.8 Å². The summed E-state index contributed by atoms with van der Waals surface area (Å²) in [5.74, 6) is 0.860. The number of anilines is 1. The van der Waals surface area contributed by atoms with E-state index in [0.717, 1.165) is 29.5 Å². The number of carbonyl (C=O) groups excluding carboxylic acids is 1. The average Bonchev–Trinajstić information content (AvgIpc) is 3.12. The summed E-state index contributed by atoms with van der Waals surface area (Å²) in [6.07, 6.45) is 1.50. The molecule has 0 spiro atoms. The Bertz CT molecular complexity index is 1150. The zero-order valence-electron chi connectivity index (χ0n) is 16.7. The minimum atomic E-state index is -0.596. The molecule has 6 heteroatoms. The number of fused-ring (bicyclic) bond motifs is 2. The second-order valence-corrected chi connectivity index (χ2v) is 8.96. The molecule has 2 N–H and O–H groups in total. The quantitative estimate of drug-likeness (QED) is 0.636. The lowest BCUT2D eigenvalue weighted by atomic mass is 9.92. The number of carbonyl (C=O) groups is 1. The first-order valence-electron chi connectivity index (χ1n) is 9.81. The molecule has 0 atom stereocenters. The van der Waals surface area contributed by atoms with Crippen LogP contribution in [0.3, 0.4) is 0 Å². The minimum absolute atomic E-state index is 0. The molecule has 1 aliphatic carbocycles. The van der Waals surface area contributed by atoms with Crippen LogP contribution in [0.5, 0.6) is 11.5 Å². The zero-order valence-corrected chi connectivity index (χ0v) is 16.7. The largest absolute Gasteiger partial charge is 0.454 e. The molecule has 1 saturated carbocycles. The highest BCUT2D eigenvalue weighted by atomic mass is 19.1. The van der Waals surface area contributed by atoms with Gasteiger partial charge in [-0.1, -0.05) is 26.8 Å². The SMILES string of the molecule is CC(C)(C)c1cc2cc(NC(=O)C3(c4ccc5c(c4)OCO5)CC3)cc(F)c2[nH]1.[HH]. The Morgan fingerprint density at radius 1 is 1.14 bits per heavy atom. The van der Waals surface area contributed by atoms with Gasteiger partial charge in [-0.05, 0) is 48.7 Å².